The summed E-state index contributed by atoms with van der Waals surface area (Å²) >= 11 is 0. The fraction of sp³-hybridized carbons (Fsp3) is 0.333. The van der Waals surface area contributed by atoms with Crippen LogP contribution in [0.5, 0.6) is 5.75 Å². The van der Waals surface area contributed by atoms with Crippen LogP contribution in [-0.2, 0) is 10.0 Å². The van der Waals surface area contributed by atoms with Gasteiger partial charge in [0.15, 0.2) is 0 Å². The van der Waals surface area contributed by atoms with Crippen LogP contribution in [-0.4, -0.2) is 33.5 Å². The van der Waals surface area contributed by atoms with Crippen molar-refractivity contribution in [2.75, 3.05) is 11.8 Å². The summed E-state index contributed by atoms with van der Waals surface area (Å²) < 4.78 is 32.8. The number of benzene rings is 2. The molecule has 0 spiro atoms. The predicted octanol–water partition coefficient (Wildman–Crippen LogP) is 2.77. The maximum Gasteiger partial charge on any atom is 0.333 e. The molecule has 1 fully saturated rings. The molecule has 2 aromatic rings. The molecule has 31 heavy (non-hydrogen) atoms. The highest BCUT2D eigenvalue weighted by Gasteiger charge is 2.18. The van der Waals surface area contributed by atoms with Gasteiger partial charge in [-0.2, -0.15) is 0 Å². The Morgan fingerprint density at radius 2 is 1.68 bits per heavy atom. The van der Waals surface area contributed by atoms with Crippen molar-refractivity contribution in [1.82, 2.24) is 16.2 Å². The molecule has 0 radical (unpaired) electrons. The van der Waals surface area contributed by atoms with E-state index in [9.17, 15) is 18.0 Å². The van der Waals surface area contributed by atoms with E-state index < -0.39 is 22.0 Å². The number of hydrazine groups is 1. The van der Waals surface area contributed by atoms with Gasteiger partial charge in [-0.1, -0.05) is 25.3 Å². The average molecular weight is 447 g/mol. The molecule has 3 rings (SSSR count). The molecule has 10 heteroatoms. The zero-order valence-electron chi connectivity index (χ0n) is 17.2. The van der Waals surface area contributed by atoms with Crippen LogP contribution in [0.2, 0.25) is 0 Å². The van der Waals surface area contributed by atoms with Crippen LogP contribution >= 0.6 is 0 Å². The number of hydrogen-bond acceptors (Lipinski definition) is 5. The molecule has 0 saturated heterocycles. The Kier molecular flexibility index (Phi) is 7.35. The van der Waals surface area contributed by atoms with Crippen molar-refractivity contribution in [2.45, 2.75) is 43.0 Å². The Morgan fingerprint density at radius 3 is 2.35 bits per heavy atom. The van der Waals surface area contributed by atoms with E-state index in [2.05, 4.69) is 20.9 Å². The number of amides is 3. The topological polar surface area (TPSA) is 126 Å². The lowest BCUT2D eigenvalue weighted by Gasteiger charge is -2.22. The van der Waals surface area contributed by atoms with Gasteiger partial charge < -0.3 is 10.1 Å². The summed E-state index contributed by atoms with van der Waals surface area (Å²) in [4.78, 5) is 24.3. The van der Waals surface area contributed by atoms with Gasteiger partial charge in [0, 0.05) is 17.3 Å². The van der Waals surface area contributed by atoms with E-state index in [4.69, 9.17) is 4.74 Å². The third kappa shape index (κ3) is 6.35. The summed E-state index contributed by atoms with van der Waals surface area (Å²) in [6.07, 6.45) is 5.15. The van der Waals surface area contributed by atoms with Gasteiger partial charge in [0.05, 0.1) is 12.0 Å². The van der Waals surface area contributed by atoms with Crippen molar-refractivity contribution in [3.63, 3.8) is 0 Å². The number of nitrogens with one attached hydrogen (secondary N) is 4. The van der Waals surface area contributed by atoms with Gasteiger partial charge in [-0.15, -0.1) is 0 Å². The lowest BCUT2D eigenvalue weighted by molar-refractivity contribution is 0.0935. The van der Waals surface area contributed by atoms with Gasteiger partial charge in [0.1, 0.15) is 5.75 Å². The predicted molar refractivity (Wildman–Crippen MR) is 116 cm³/mol. The van der Waals surface area contributed by atoms with E-state index in [-0.39, 0.29) is 16.5 Å². The van der Waals surface area contributed by atoms with Gasteiger partial charge in [-0.05, 0) is 55.3 Å². The Labute approximate surface area is 181 Å². The third-order valence-corrected chi connectivity index (χ3v) is 6.36. The van der Waals surface area contributed by atoms with E-state index in [0.29, 0.717) is 11.4 Å². The zero-order valence-corrected chi connectivity index (χ0v) is 18.0. The van der Waals surface area contributed by atoms with Crippen molar-refractivity contribution in [1.29, 1.82) is 0 Å². The van der Waals surface area contributed by atoms with Crippen LogP contribution in [0.3, 0.4) is 0 Å². The van der Waals surface area contributed by atoms with Gasteiger partial charge in [-0.3, -0.25) is 14.9 Å². The molecule has 166 valence electrons. The molecule has 0 unspecified atom stereocenters. The fourth-order valence-electron chi connectivity index (χ4n) is 3.33. The Balaban J connectivity index is 1.60. The van der Waals surface area contributed by atoms with Crippen molar-refractivity contribution in [3.05, 3.63) is 54.1 Å². The van der Waals surface area contributed by atoms with Crippen LogP contribution < -0.4 is 25.6 Å². The molecule has 0 atom stereocenters. The van der Waals surface area contributed by atoms with Crippen LogP contribution in [0.15, 0.2) is 53.4 Å². The Morgan fingerprint density at radius 1 is 0.968 bits per heavy atom. The smallest absolute Gasteiger partial charge is 0.333 e. The maximum absolute atomic E-state index is 12.7. The molecule has 3 amide bonds. The van der Waals surface area contributed by atoms with Crippen LogP contribution in [0.4, 0.5) is 10.5 Å². The van der Waals surface area contributed by atoms with Crippen molar-refractivity contribution >= 4 is 27.6 Å². The molecule has 4 N–H and O–H groups in total. The first-order valence-electron chi connectivity index (χ1n) is 10.0. The quantitative estimate of drug-likeness (QED) is 0.508. The highest BCUT2D eigenvalue weighted by atomic mass is 32.2. The molecule has 0 aromatic heterocycles. The Bertz CT molecular complexity index is 1020. The summed E-state index contributed by atoms with van der Waals surface area (Å²) in [6, 6.07) is 11.5. The summed E-state index contributed by atoms with van der Waals surface area (Å²) in [7, 11) is -2.39. The summed E-state index contributed by atoms with van der Waals surface area (Å²) in [6.45, 7) is 0. The molecule has 0 aliphatic heterocycles. The van der Waals surface area contributed by atoms with E-state index in [1.165, 1.54) is 37.8 Å². The summed E-state index contributed by atoms with van der Waals surface area (Å²) in [5.74, 6) is -0.0260. The number of ether oxygens (including phenoxy) is 1. The minimum Gasteiger partial charge on any atom is -0.497 e. The molecule has 1 aliphatic rings. The van der Waals surface area contributed by atoms with Crippen LogP contribution in [0, 0.1) is 0 Å². The van der Waals surface area contributed by atoms with E-state index in [1.54, 1.807) is 24.3 Å². The number of urea groups is 1. The number of carbonyl (C=O) groups is 2. The molecule has 0 heterocycles. The molecule has 2 aromatic carbocycles. The number of hydrogen-bond donors (Lipinski definition) is 4. The first-order valence-corrected chi connectivity index (χ1v) is 11.5. The second-order valence-corrected chi connectivity index (χ2v) is 8.93. The molecule has 1 saturated carbocycles. The highest BCUT2D eigenvalue weighted by Crippen LogP contribution is 2.20. The summed E-state index contributed by atoms with van der Waals surface area (Å²) in [5, 5.41) is 2.82. The SMILES string of the molecule is COc1ccc(NS(=O)(=O)c2cccc(C(=O)NNC(=O)NC3CCCCC3)c2)cc1. The largest absolute Gasteiger partial charge is 0.497 e. The first kappa shape index (κ1) is 22.4. The normalized spacial score (nSPS) is 14.4. The van der Waals surface area contributed by atoms with Crippen molar-refractivity contribution in [2.24, 2.45) is 0 Å². The molecule has 0 bridgehead atoms. The molecule has 9 nitrogen and oxygen atoms in total. The van der Waals surface area contributed by atoms with Gasteiger partial charge in [-0.25, -0.2) is 18.6 Å². The van der Waals surface area contributed by atoms with Crippen molar-refractivity contribution in [3.8, 4) is 5.75 Å². The van der Waals surface area contributed by atoms with E-state index in [0.717, 1.165) is 25.7 Å². The van der Waals surface area contributed by atoms with Gasteiger partial charge in [0.25, 0.3) is 15.9 Å². The standard InChI is InChI=1S/C21H26N4O5S/c1-30-18-12-10-17(11-13-18)25-31(28,29)19-9-5-6-15(14-19)20(26)23-24-21(27)22-16-7-3-2-4-8-16/h5-6,9-14,16,25H,2-4,7-8H2,1H3,(H,23,26)(H2,22,24,27). The number of rotatable bonds is 6. The van der Waals surface area contributed by atoms with E-state index in [1.807, 2.05) is 0 Å². The fourth-order valence-corrected chi connectivity index (χ4v) is 4.44. The second kappa shape index (κ2) is 10.2. The van der Waals surface area contributed by atoms with Crippen molar-refractivity contribution < 1.29 is 22.7 Å². The lowest BCUT2D eigenvalue weighted by atomic mass is 9.96. The number of anilines is 1. The lowest BCUT2D eigenvalue weighted by Crippen LogP contribution is -2.50. The van der Waals surface area contributed by atoms with Crippen LogP contribution in [0.25, 0.3) is 0 Å². The molecular formula is C21H26N4O5S. The monoisotopic (exact) mass is 446 g/mol. The summed E-state index contributed by atoms with van der Waals surface area (Å²) in [5.41, 5.74) is 5.06. The van der Waals surface area contributed by atoms with Gasteiger partial charge >= 0.3 is 6.03 Å². The minimum absolute atomic E-state index is 0.0809. The zero-order chi connectivity index (χ0) is 22.3. The average Bonchev–Trinajstić information content (AvgIpc) is 2.78. The highest BCUT2D eigenvalue weighted by molar-refractivity contribution is 7.92. The van der Waals surface area contributed by atoms with Crippen LogP contribution in [0.1, 0.15) is 42.5 Å². The van der Waals surface area contributed by atoms with E-state index >= 15 is 0 Å². The molecule has 1 aliphatic carbocycles. The van der Waals surface area contributed by atoms with Gasteiger partial charge in [0.2, 0.25) is 0 Å². The minimum atomic E-state index is -3.91. The first-order chi connectivity index (χ1) is 14.9. The third-order valence-electron chi connectivity index (χ3n) is 4.98. The number of carbonyl (C=O) groups excluding carboxylic acids is 2. The Hall–Kier alpha value is -3.27. The maximum atomic E-state index is 12.7. The number of sulfonamides is 1. The molecular weight excluding hydrogens is 420 g/mol. The second-order valence-electron chi connectivity index (χ2n) is 7.25. The number of methoxy groups -OCH3 is 1.